The molecule has 1 heterocycles. The van der Waals surface area contributed by atoms with Crippen LogP contribution in [0, 0.1) is 0 Å². The number of benzene rings is 3. The summed E-state index contributed by atoms with van der Waals surface area (Å²) in [7, 11) is 0. The molecule has 0 fully saturated rings. The summed E-state index contributed by atoms with van der Waals surface area (Å²) in [6, 6.07) is 21.6. The van der Waals surface area contributed by atoms with E-state index < -0.39 is 0 Å². The Hall–Kier alpha value is -3.40. The van der Waals surface area contributed by atoms with Gasteiger partial charge in [0.25, 0.3) is 0 Å². The van der Waals surface area contributed by atoms with Gasteiger partial charge < -0.3 is 10.2 Å². The highest BCUT2D eigenvalue weighted by Crippen LogP contribution is 2.32. The van der Waals surface area contributed by atoms with Crippen molar-refractivity contribution in [2.45, 2.75) is 0 Å². The van der Waals surface area contributed by atoms with Crippen LogP contribution in [0.2, 0.25) is 0 Å². The first kappa shape index (κ1) is 14.2. The van der Waals surface area contributed by atoms with E-state index in [0.717, 1.165) is 22.5 Å². The van der Waals surface area contributed by atoms with Crippen LogP contribution >= 0.6 is 0 Å². The molecule has 0 amide bonds. The Morgan fingerprint density at radius 2 is 1.12 bits per heavy atom. The topological polar surface area (TPSA) is 66.2 Å². The number of phenols is 2. The lowest BCUT2D eigenvalue weighted by Gasteiger charge is -2.11. The Balaban J connectivity index is 2.02. The third-order valence-electron chi connectivity index (χ3n) is 3.84. The average molecular weight is 314 g/mol. The second kappa shape index (κ2) is 5.66. The van der Waals surface area contributed by atoms with Crippen molar-refractivity contribution in [1.82, 2.24) is 9.97 Å². The summed E-state index contributed by atoms with van der Waals surface area (Å²) in [4.78, 5) is 9.46. The lowest BCUT2D eigenvalue weighted by molar-refractivity contribution is 0.475. The predicted octanol–water partition coefficient (Wildman–Crippen LogP) is 4.38. The van der Waals surface area contributed by atoms with Crippen molar-refractivity contribution in [2.24, 2.45) is 0 Å². The first-order valence-corrected chi connectivity index (χ1v) is 7.56. The highest BCUT2D eigenvalue weighted by atomic mass is 16.3. The van der Waals surface area contributed by atoms with Gasteiger partial charge in [0.1, 0.15) is 11.5 Å². The first-order chi connectivity index (χ1) is 11.7. The van der Waals surface area contributed by atoms with Crippen LogP contribution in [0.1, 0.15) is 0 Å². The summed E-state index contributed by atoms with van der Waals surface area (Å²) >= 11 is 0. The lowest BCUT2D eigenvalue weighted by Crippen LogP contribution is -1.95. The van der Waals surface area contributed by atoms with Gasteiger partial charge in [0.05, 0.1) is 22.4 Å². The molecule has 0 radical (unpaired) electrons. The molecule has 2 N–H and O–H groups in total. The molecule has 0 spiro atoms. The van der Waals surface area contributed by atoms with Gasteiger partial charge in [0.15, 0.2) is 0 Å². The van der Waals surface area contributed by atoms with Gasteiger partial charge in [-0.2, -0.15) is 0 Å². The molecule has 24 heavy (non-hydrogen) atoms. The second-order valence-electron chi connectivity index (χ2n) is 5.51. The molecule has 0 aliphatic rings. The van der Waals surface area contributed by atoms with Crippen LogP contribution in [0.25, 0.3) is 33.5 Å². The van der Waals surface area contributed by atoms with E-state index in [-0.39, 0.29) is 11.5 Å². The van der Waals surface area contributed by atoms with Crippen LogP contribution in [0.4, 0.5) is 0 Å². The lowest BCUT2D eigenvalue weighted by atomic mass is 10.0. The molecule has 1 aromatic heterocycles. The highest BCUT2D eigenvalue weighted by Gasteiger charge is 2.13. The standard InChI is InChI=1S/C20H14N2O2/c23-15-8-6-14(7-9-15)20-19(13-4-2-1-3-5-13)22-18-12-16(24)10-11-17(18)21-20/h1-12,23-24H. The van der Waals surface area contributed by atoms with Crippen LogP contribution in [-0.4, -0.2) is 20.2 Å². The fraction of sp³-hybridized carbons (Fsp3) is 0. The number of rotatable bonds is 2. The number of hydrogen-bond acceptors (Lipinski definition) is 4. The summed E-state index contributed by atoms with van der Waals surface area (Å²) in [6.45, 7) is 0. The quantitative estimate of drug-likeness (QED) is 0.576. The molecule has 0 unspecified atom stereocenters. The van der Waals surface area contributed by atoms with Crippen molar-refractivity contribution >= 4 is 11.0 Å². The Bertz CT molecular complexity index is 1010. The molecule has 4 rings (SSSR count). The van der Waals surface area contributed by atoms with E-state index >= 15 is 0 Å². The van der Waals surface area contributed by atoms with Crippen LogP contribution in [0.15, 0.2) is 72.8 Å². The number of aromatic hydroxyl groups is 2. The second-order valence-corrected chi connectivity index (χ2v) is 5.51. The van der Waals surface area contributed by atoms with Crippen molar-refractivity contribution in [2.75, 3.05) is 0 Å². The van der Waals surface area contributed by atoms with Crippen LogP contribution in [0.5, 0.6) is 11.5 Å². The fourth-order valence-corrected chi connectivity index (χ4v) is 2.66. The Labute approximate surface area is 138 Å². The molecule has 3 aromatic carbocycles. The third kappa shape index (κ3) is 2.54. The third-order valence-corrected chi connectivity index (χ3v) is 3.84. The maximum Gasteiger partial charge on any atom is 0.117 e. The smallest absolute Gasteiger partial charge is 0.117 e. The zero-order valence-electron chi connectivity index (χ0n) is 12.7. The fourth-order valence-electron chi connectivity index (χ4n) is 2.66. The summed E-state index contributed by atoms with van der Waals surface area (Å²) < 4.78 is 0. The number of aromatic nitrogens is 2. The van der Waals surface area contributed by atoms with Gasteiger partial charge in [0.2, 0.25) is 0 Å². The van der Waals surface area contributed by atoms with Gasteiger partial charge in [-0.1, -0.05) is 30.3 Å². The molecule has 0 aliphatic carbocycles. The van der Waals surface area contributed by atoms with Crippen molar-refractivity contribution in [3.63, 3.8) is 0 Å². The minimum atomic E-state index is 0.160. The normalized spacial score (nSPS) is 10.8. The Kier molecular flexibility index (Phi) is 3.35. The molecule has 4 heteroatoms. The Morgan fingerprint density at radius 1 is 0.542 bits per heavy atom. The molecule has 116 valence electrons. The largest absolute Gasteiger partial charge is 0.508 e. The average Bonchev–Trinajstić information content (AvgIpc) is 2.62. The molecule has 0 bridgehead atoms. The number of fused-ring (bicyclic) bond motifs is 1. The summed E-state index contributed by atoms with van der Waals surface area (Å²) in [6.07, 6.45) is 0. The molecular formula is C20H14N2O2. The monoisotopic (exact) mass is 314 g/mol. The van der Waals surface area contributed by atoms with Gasteiger partial charge in [-0.15, -0.1) is 0 Å². The van der Waals surface area contributed by atoms with E-state index in [2.05, 4.69) is 0 Å². The minimum Gasteiger partial charge on any atom is -0.508 e. The van der Waals surface area contributed by atoms with E-state index in [4.69, 9.17) is 9.97 Å². The van der Waals surface area contributed by atoms with Crippen molar-refractivity contribution < 1.29 is 10.2 Å². The molecule has 4 aromatic rings. The zero-order valence-corrected chi connectivity index (χ0v) is 12.7. The molecule has 4 nitrogen and oxygen atoms in total. The number of phenolic OH excluding ortho intramolecular Hbond substituents is 2. The minimum absolute atomic E-state index is 0.160. The van der Waals surface area contributed by atoms with E-state index in [0.29, 0.717) is 11.0 Å². The van der Waals surface area contributed by atoms with E-state index in [1.165, 1.54) is 0 Å². The van der Waals surface area contributed by atoms with Gasteiger partial charge in [-0.3, -0.25) is 0 Å². The van der Waals surface area contributed by atoms with Crippen molar-refractivity contribution in [1.29, 1.82) is 0 Å². The maximum atomic E-state index is 9.71. The Morgan fingerprint density at radius 3 is 1.83 bits per heavy atom. The number of hydrogen-bond donors (Lipinski definition) is 2. The first-order valence-electron chi connectivity index (χ1n) is 7.56. The van der Waals surface area contributed by atoms with Gasteiger partial charge >= 0.3 is 0 Å². The van der Waals surface area contributed by atoms with Crippen molar-refractivity contribution in [3.05, 3.63) is 72.8 Å². The van der Waals surface area contributed by atoms with Crippen molar-refractivity contribution in [3.8, 4) is 34.0 Å². The SMILES string of the molecule is Oc1ccc(-c2nc3ccc(O)cc3nc2-c2ccccc2)cc1. The molecular weight excluding hydrogens is 300 g/mol. The molecule has 0 atom stereocenters. The zero-order chi connectivity index (χ0) is 16.5. The van der Waals surface area contributed by atoms with Gasteiger partial charge in [-0.25, -0.2) is 9.97 Å². The predicted molar refractivity (Wildman–Crippen MR) is 93.7 cm³/mol. The van der Waals surface area contributed by atoms with Gasteiger partial charge in [-0.05, 0) is 36.4 Å². The summed E-state index contributed by atoms with van der Waals surface area (Å²) in [5, 5.41) is 19.2. The van der Waals surface area contributed by atoms with Crippen LogP contribution in [-0.2, 0) is 0 Å². The van der Waals surface area contributed by atoms with Crippen LogP contribution < -0.4 is 0 Å². The maximum absolute atomic E-state index is 9.71. The molecule has 0 aliphatic heterocycles. The van der Waals surface area contributed by atoms with E-state index in [1.807, 2.05) is 42.5 Å². The molecule has 0 saturated heterocycles. The molecule has 0 saturated carbocycles. The summed E-state index contributed by atoms with van der Waals surface area (Å²) in [5.74, 6) is 0.367. The van der Waals surface area contributed by atoms with E-state index in [9.17, 15) is 10.2 Å². The number of nitrogens with zero attached hydrogens (tertiary/aromatic N) is 2. The highest BCUT2D eigenvalue weighted by molar-refractivity contribution is 5.86. The summed E-state index contributed by atoms with van der Waals surface area (Å²) in [5.41, 5.74) is 4.62. The van der Waals surface area contributed by atoms with Gasteiger partial charge in [0, 0.05) is 17.2 Å². The van der Waals surface area contributed by atoms with Crippen LogP contribution in [0.3, 0.4) is 0 Å². The van der Waals surface area contributed by atoms with E-state index in [1.54, 1.807) is 30.3 Å².